The van der Waals surface area contributed by atoms with Crippen molar-refractivity contribution in [1.82, 2.24) is 0 Å². The van der Waals surface area contributed by atoms with Gasteiger partial charge in [0.15, 0.2) is 6.10 Å². The first kappa shape index (κ1) is 42.1. The molecule has 0 aromatic rings. The molecule has 0 aliphatic rings. The van der Waals surface area contributed by atoms with Crippen molar-refractivity contribution < 1.29 is 29.3 Å². The fraction of sp³-hybridized carbons (Fsp3) is 0.789. The third-order valence-corrected chi connectivity index (χ3v) is 8.08. The summed E-state index contributed by atoms with van der Waals surface area (Å²) in [6.45, 7) is 6.28. The van der Waals surface area contributed by atoms with E-state index in [9.17, 15) is 19.8 Å². The Morgan fingerprint density at radius 2 is 1.34 bits per heavy atom. The lowest BCUT2D eigenvalue weighted by atomic mass is 9.99. The van der Waals surface area contributed by atoms with Crippen molar-refractivity contribution in [1.29, 1.82) is 0 Å². The van der Waals surface area contributed by atoms with E-state index in [2.05, 4.69) is 39.0 Å². The van der Waals surface area contributed by atoms with E-state index in [4.69, 9.17) is 9.47 Å². The largest absolute Gasteiger partial charge is 0.462 e. The fourth-order valence-corrected chi connectivity index (χ4v) is 4.89. The van der Waals surface area contributed by atoms with Crippen LogP contribution in [0.15, 0.2) is 36.5 Å². The Morgan fingerprint density at radius 3 is 2.02 bits per heavy atom. The highest BCUT2D eigenvalue weighted by Gasteiger charge is 2.16. The van der Waals surface area contributed by atoms with Crippen LogP contribution < -0.4 is 0 Å². The zero-order chi connectivity index (χ0) is 32.5. The number of carbonyl (C=O) groups is 2. The van der Waals surface area contributed by atoms with Crippen molar-refractivity contribution in [2.24, 2.45) is 5.92 Å². The minimum absolute atomic E-state index is 0.154. The number of esters is 2. The zero-order valence-corrected chi connectivity index (χ0v) is 28.7. The summed E-state index contributed by atoms with van der Waals surface area (Å²) in [6, 6.07) is 0. The van der Waals surface area contributed by atoms with E-state index in [1.807, 2.05) is 12.2 Å². The second-order valence-corrected chi connectivity index (χ2v) is 12.4. The van der Waals surface area contributed by atoms with Crippen LogP contribution in [0.25, 0.3) is 0 Å². The third kappa shape index (κ3) is 30.1. The molecule has 0 spiro atoms. The summed E-state index contributed by atoms with van der Waals surface area (Å²) in [5, 5.41) is 19.6. The first-order valence-electron chi connectivity index (χ1n) is 18.0. The first-order valence-corrected chi connectivity index (χ1v) is 18.0. The van der Waals surface area contributed by atoms with Gasteiger partial charge < -0.3 is 19.7 Å². The molecule has 0 saturated carbocycles. The monoisotopic (exact) mass is 621 g/mol. The molecule has 0 aliphatic carbocycles. The number of ether oxygens (including phenoxy) is 2. The standard InChI is InChI=1S/C38H68O6/c1-4-6-7-8-9-10-11-12-13-14-18-21-24-28-35(40)29-26-31-37(41)43-33-36(32-39)44-38(42)30-25-22-19-16-15-17-20-23-27-34(3)5-2/h12-13,18,21,24,28,34-36,39-40H,4-11,14-17,19-20,22-23,25-27,29-33H2,1-3H3/b13-12+,21-18+,28-24+/t34?,35?,36-/m0/s1. The number of rotatable bonds is 31. The van der Waals surface area contributed by atoms with Gasteiger partial charge in [0.1, 0.15) is 6.61 Å². The predicted molar refractivity (Wildman–Crippen MR) is 183 cm³/mol. The van der Waals surface area contributed by atoms with Crippen LogP contribution >= 0.6 is 0 Å². The van der Waals surface area contributed by atoms with Crippen molar-refractivity contribution >= 4 is 11.9 Å². The summed E-state index contributed by atoms with van der Waals surface area (Å²) in [7, 11) is 0. The molecule has 0 aliphatic heterocycles. The van der Waals surface area contributed by atoms with Gasteiger partial charge in [-0.05, 0) is 44.4 Å². The van der Waals surface area contributed by atoms with Crippen LogP contribution in [-0.2, 0) is 19.1 Å². The van der Waals surface area contributed by atoms with E-state index >= 15 is 0 Å². The van der Waals surface area contributed by atoms with E-state index in [-0.39, 0.29) is 25.6 Å². The molecule has 6 nitrogen and oxygen atoms in total. The van der Waals surface area contributed by atoms with Gasteiger partial charge in [0, 0.05) is 12.8 Å². The van der Waals surface area contributed by atoms with Gasteiger partial charge >= 0.3 is 11.9 Å². The van der Waals surface area contributed by atoms with Crippen LogP contribution in [0.2, 0.25) is 0 Å². The minimum Gasteiger partial charge on any atom is -0.462 e. The Balaban J connectivity index is 3.80. The molecular formula is C38H68O6. The van der Waals surface area contributed by atoms with E-state index in [0.717, 1.165) is 38.0 Å². The van der Waals surface area contributed by atoms with Gasteiger partial charge in [-0.2, -0.15) is 0 Å². The SMILES string of the molecule is CCCCCCCC/C=C/C/C=C/C=C/C(O)CCCC(=O)OC[C@H](CO)OC(=O)CCCCCCCCCCC(C)CC. The van der Waals surface area contributed by atoms with E-state index in [1.54, 1.807) is 6.08 Å². The first-order chi connectivity index (χ1) is 21.4. The Kier molecular flexibility index (Phi) is 31.1. The van der Waals surface area contributed by atoms with Crippen molar-refractivity contribution in [2.75, 3.05) is 13.2 Å². The van der Waals surface area contributed by atoms with Crippen LogP contribution in [0, 0.1) is 5.92 Å². The highest BCUT2D eigenvalue weighted by atomic mass is 16.6. The lowest BCUT2D eigenvalue weighted by Crippen LogP contribution is -2.28. The summed E-state index contributed by atoms with van der Waals surface area (Å²) in [6.07, 6.45) is 33.8. The maximum absolute atomic E-state index is 12.1. The summed E-state index contributed by atoms with van der Waals surface area (Å²) in [5.74, 6) is 0.0526. The van der Waals surface area contributed by atoms with E-state index in [1.165, 1.54) is 83.5 Å². The number of hydrogen-bond acceptors (Lipinski definition) is 6. The molecule has 0 aromatic carbocycles. The average molecular weight is 621 g/mol. The highest BCUT2D eigenvalue weighted by Crippen LogP contribution is 2.15. The highest BCUT2D eigenvalue weighted by molar-refractivity contribution is 5.70. The van der Waals surface area contributed by atoms with Gasteiger partial charge in [-0.25, -0.2) is 0 Å². The molecule has 0 radical (unpaired) electrons. The van der Waals surface area contributed by atoms with Crippen LogP contribution in [-0.4, -0.2) is 47.6 Å². The smallest absolute Gasteiger partial charge is 0.306 e. The molecule has 2 N–H and O–H groups in total. The Bertz CT molecular complexity index is 744. The average Bonchev–Trinajstić information content (AvgIpc) is 3.02. The molecule has 256 valence electrons. The predicted octanol–water partition coefficient (Wildman–Crippen LogP) is 9.72. The van der Waals surface area contributed by atoms with Crippen molar-refractivity contribution in [2.45, 2.75) is 174 Å². The molecule has 0 amide bonds. The van der Waals surface area contributed by atoms with Crippen molar-refractivity contribution in [3.8, 4) is 0 Å². The Hall–Kier alpha value is -1.92. The van der Waals surface area contributed by atoms with Crippen LogP contribution in [0.1, 0.15) is 162 Å². The normalized spacial score (nSPS) is 14.0. The molecule has 0 heterocycles. The van der Waals surface area contributed by atoms with Crippen LogP contribution in [0.3, 0.4) is 0 Å². The maximum atomic E-state index is 12.1. The molecule has 0 saturated heterocycles. The number of unbranched alkanes of at least 4 members (excludes halogenated alkanes) is 13. The summed E-state index contributed by atoms with van der Waals surface area (Å²) in [5.41, 5.74) is 0. The quantitative estimate of drug-likeness (QED) is 0.0347. The van der Waals surface area contributed by atoms with Crippen LogP contribution in [0.4, 0.5) is 0 Å². The van der Waals surface area contributed by atoms with Crippen molar-refractivity contribution in [3.05, 3.63) is 36.5 Å². The second-order valence-electron chi connectivity index (χ2n) is 12.4. The Labute approximate surface area is 270 Å². The summed E-state index contributed by atoms with van der Waals surface area (Å²) < 4.78 is 10.5. The summed E-state index contributed by atoms with van der Waals surface area (Å²) >= 11 is 0. The molecule has 2 unspecified atom stereocenters. The Morgan fingerprint density at radius 1 is 0.705 bits per heavy atom. The van der Waals surface area contributed by atoms with Gasteiger partial charge in [-0.1, -0.05) is 147 Å². The molecule has 0 aromatic heterocycles. The van der Waals surface area contributed by atoms with Gasteiger partial charge in [0.05, 0.1) is 12.7 Å². The van der Waals surface area contributed by atoms with Gasteiger partial charge in [0.25, 0.3) is 0 Å². The number of aliphatic hydroxyl groups excluding tert-OH is 2. The second kappa shape index (κ2) is 32.5. The topological polar surface area (TPSA) is 93.1 Å². The van der Waals surface area contributed by atoms with Gasteiger partial charge in [-0.3, -0.25) is 9.59 Å². The van der Waals surface area contributed by atoms with E-state index in [0.29, 0.717) is 19.3 Å². The molecule has 3 atom stereocenters. The molecule has 0 fully saturated rings. The van der Waals surface area contributed by atoms with E-state index < -0.39 is 18.2 Å². The molecule has 44 heavy (non-hydrogen) atoms. The summed E-state index contributed by atoms with van der Waals surface area (Å²) in [4.78, 5) is 24.2. The van der Waals surface area contributed by atoms with Gasteiger partial charge in [-0.15, -0.1) is 0 Å². The molecule has 0 rings (SSSR count). The number of aliphatic hydroxyl groups is 2. The number of allylic oxidation sites excluding steroid dienone is 5. The number of hydrogen-bond donors (Lipinski definition) is 2. The minimum atomic E-state index is -0.840. The van der Waals surface area contributed by atoms with Gasteiger partial charge in [0.2, 0.25) is 0 Å². The zero-order valence-electron chi connectivity index (χ0n) is 28.7. The molecular weight excluding hydrogens is 552 g/mol. The molecule has 0 bridgehead atoms. The van der Waals surface area contributed by atoms with Crippen molar-refractivity contribution in [3.63, 3.8) is 0 Å². The third-order valence-electron chi connectivity index (χ3n) is 8.08. The maximum Gasteiger partial charge on any atom is 0.306 e. The lowest BCUT2D eigenvalue weighted by molar-refractivity contribution is -0.161. The number of carbonyl (C=O) groups excluding carboxylic acids is 2. The molecule has 6 heteroatoms. The lowest BCUT2D eigenvalue weighted by Gasteiger charge is -2.16. The van der Waals surface area contributed by atoms with Crippen LogP contribution in [0.5, 0.6) is 0 Å². The fourth-order valence-electron chi connectivity index (χ4n) is 4.89.